The summed E-state index contributed by atoms with van der Waals surface area (Å²) >= 11 is 10.8. The predicted octanol–water partition coefficient (Wildman–Crippen LogP) is 1.82. The minimum absolute atomic E-state index is 0.0492. The fourth-order valence-electron chi connectivity index (χ4n) is 1.78. The first kappa shape index (κ1) is 15.7. The second-order valence-electron chi connectivity index (χ2n) is 4.42. The highest BCUT2D eigenvalue weighted by Crippen LogP contribution is 2.25. The number of rotatable bonds is 4. The van der Waals surface area contributed by atoms with E-state index in [4.69, 9.17) is 29.6 Å². The summed E-state index contributed by atoms with van der Waals surface area (Å²) in [6, 6.07) is 5.04. The van der Waals surface area contributed by atoms with Crippen LogP contribution in [0, 0.1) is 6.92 Å². The molecule has 0 aliphatic heterocycles. The smallest absolute Gasteiger partial charge is 0.280 e. The van der Waals surface area contributed by atoms with E-state index in [1.807, 2.05) is 0 Å². The Kier molecular flexibility index (Phi) is 4.22. The largest absolute Gasteiger partial charge is 0.389 e. The van der Waals surface area contributed by atoms with Crippen molar-refractivity contribution in [1.82, 2.24) is 9.78 Å². The molecule has 0 aliphatic carbocycles. The van der Waals surface area contributed by atoms with Crippen molar-refractivity contribution in [3.05, 3.63) is 40.5 Å². The van der Waals surface area contributed by atoms with Crippen molar-refractivity contribution >= 4 is 44.5 Å². The molecule has 0 fully saturated rings. The van der Waals surface area contributed by atoms with Crippen molar-refractivity contribution < 1.29 is 8.42 Å². The third-order valence-corrected chi connectivity index (χ3v) is 4.97. The van der Waals surface area contributed by atoms with Gasteiger partial charge >= 0.3 is 0 Å². The van der Waals surface area contributed by atoms with Crippen molar-refractivity contribution in [3.8, 4) is 0 Å². The highest BCUT2D eigenvalue weighted by atomic mass is 35.5. The SMILES string of the molecule is Cc1ccc(C(N)=S)cc1NS(=O)(=O)c1c(Cl)cnn1C. The quantitative estimate of drug-likeness (QED) is 0.826. The lowest BCUT2D eigenvalue weighted by Crippen LogP contribution is -2.18. The minimum Gasteiger partial charge on any atom is -0.389 e. The molecule has 2 rings (SSSR count). The van der Waals surface area contributed by atoms with Crippen LogP contribution in [0.3, 0.4) is 0 Å². The van der Waals surface area contributed by atoms with E-state index in [1.165, 1.54) is 17.9 Å². The average molecular weight is 345 g/mol. The molecule has 112 valence electrons. The summed E-state index contributed by atoms with van der Waals surface area (Å²) in [5, 5.41) is 3.76. The predicted molar refractivity (Wildman–Crippen MR) is 86.1 cm³/mol. The van der Waals surface area contributed by atoms with Crippen LogP contribution in [0.1, 0.15) is 11.1 Å². The normalized spacial score (nSPS) is 11.4. The van der Waals surface area contributed by atoms with Gasteiger partial charge in [-0.15, -0.1) is 0 Å². The van der Waals surface area contributed by atoms with Gasteiger partial charge in [-0.1, -0.05) is 36.0 Å². The summed E-state index contributed by atoms with van der Waals surface area (Å²) in [5.74, 6) is 0. The summed E-state index contributed by atoms with van der Waals surface area (Å²) in [5.41, 5.74) is 7.25. The van der Waals surface area contributed by atoms with E-state index in [0.717, 1.165) is 5.56 Å². The number of hydrogen-bond donors (Lipinski definition) is 2. The fourth-order valence-corrected chi connectivity index (χ4v) is 3.69. The number of nitrogens with zero attached hydrogens (tertiary/aromatic N) is 2. The molecule has 0 spiro atoms. The van der Waals surface area contributed by atoms with E-state index < -0.39 is 10.0 Å². The lowest BCUT2D eigenvalue weighted by Gasteiger charge is -2.12. The lowest BCUT2D eigenvalue weighted by molar-refractivity contribution is 0.582. The van der Waals surface area contributed by atoms with Crippen LogP contribution in [0.5, 0.6) is 0 Å². The number of anilines is 1. The molecule has 2 aromatic rings. The molecule has 0 saturated carbocycles. The highest BCUT2D eigenvalue weighted by molar-refractivity contribution is 7.92. The molecule has 6 nitrogen and oxygen atoms in total. The number of aryl methyl sites for hydroxylation is 2. The zero-order valence-corrected chi connectivity index (χ0v) is 13.7. The third kappa shape index (κ3) is 3.17. The first-order valence-corrected chi connectivity index (χ1v) is 8.10. The van der Waals surface area contributed by atoms with Gasteiger partial charge in [-0.2, -0.15) is 13.5 Å². The zero-order chi connectivity index (χ0) is 15.8. The molecule has 1 aromatic heterocycles. The molecule has 0 unspecified atom stereocenters. The molecule has 1 heterocycles. The van der Waals surface area contributed by atoms with Gasteiger partial charge in [0.25, 0.3) is 10.0 Å². The van der Waals surface area contributed by atoms with Crippen molar-refractivity contribution in [2.24, 2.45) is 12.8 Å². The van der Waals surface area contributed by atoms with Gasteiger partial charge in [0.2, 0.25) is 0 Å². The van der Waals surface area contributed by atoms with E-state index in [-0.39, 0.29) is 15.0 Å². The first-order chi connectivity index (χ1) is 9.72. The summed E-state index contributed by atoms with van der Waals surface area (Å²) in [6.45, 7) is 1.77. The van der Waals surface area contributed by atoms with Gasteiger partial charge in [-0.05, 0) is 18.6 Å². The van der Waals surface area contributed by atoms with Crippen LogP contribution in [-0.4, -0.2) is 23.2 Å². The van der Waals surface area contributed by atoms with Gasteiger partial charge < -0.3 is 5.73 Å². The maximum atomic E-state index is 12.4. The summed E-state index contributed by atoms with van der Waals surface area (Å²) < 4.78 is 28.5. The molecule has 9 heteroatoms. The molecule has 0 saturated heterocycles. The molecule has 0 amide bonds. The summed E-state index contributed by atoms with van der Waals surface area (Å²) in [6.07, 6.45) is 1.27. The molecule has 0 bridgehead atoms. The number of aromatic nitrogens is 2. The Morgan fingerprint density at radius 2 is 2.14 bits per heavy atom. The Bertz CT molecular complexity index is 795. The Balaban J connectivity index is 2.46. The molecular weight excluding hydrogens is 332 g/mol. The third-order valence-electron chi connectivity index (χ3n) is 2.86. The van der Waals surface area contributed by atoms with Crippen molar-refractivity contribution in [1.29, 1.82) is 0 Å². The molecule has 1 aromatic carbocycles. The van der Waals surface area contributed by atoms with Crippen LogP contribution < -0.4 is 10.5 Å². The maximum absolute atomic E-state index is 12.4. The van der Waals surface area contributed by atoms with E-state index in [0.29, 0.717) is 11.3 Å². The average Bonchev–Trinajstić information content (AvgIpc) is 2.71. The fraction of sp³-hybridized carbons (Fsp3) is 0.167. The van der Waals surface area contributed by atoms with Crippen LogP contribution in [0.4, 0.5) is 5.69 Å². The maximum Gasteiger partial charge on any atom is 0.280 e. The van der Waals surface area contributed by atoms with E-state index in [2.05, 4.69) is 9.82 Å². The first-order valence-electron chi connectivity index (χ1n) is 5.83. The second kappa shape index (κ2) is 5.63. The van der Waals surface area contributed by atoms with E-state index in [1.54, 1.807) is 25.1 Å². The van der Waals surface area contributed by atoms with Crippen LogP contribution >= 0.6 is 23.8 Å². The van der Waals surface area contributed by atoms with Gasteiger partial charge in [0, 0.05) is 12.6 Å². The van der Waals surface area contributed by atoms with Crippen LogP contribution in [0.2, 0.25) is 5.02 Å². The van der Waals surface area contributed by atoms with Gasteiger partial charge in [0.15, 0.2) is 5.03 Å². The molecule has 0 atom stereocenters. The van der Waals surface area contributed by atoms with Crippen LogP contribution in [0.25, 0.3) is 0 Å². The zero-order valence-electron chi connectivity index (χ0n) is 11.3. The Hall–Kier alpha value is -1.64. The number of halogens is 1. The molecule has 21 heavy (non-hydrogen) atoms. The number of nitrogens with two attached hydrogens (primary N) is 1. The number of hydrogen-bond acceptors (Lipinski definition) is 4. The molecule has 0 aliphatic rings. The lowest BCUT2D eigenvalue weighted by atomic mass is 10.1. The topological polar surface area (TPSA) is 90.0 Å². The van der Waals surface area contributed by atoms with Gasteiger partial charge in [0.1, 0.15) is 4.99 Å². The summed E-state index contributed by atoms with van der Waals surface area (Å²) in [4.78, 5) is 0.189. The highest BCUT2D eigenvalue weighted by Gasteiger charge is 2.23. The number of benzene rings is 1. The Labute approximate surface area is 133 Å². The van der Waals surface area contributed by atoms with E-state index in [9.17, 15) is 8.42 Å². The Morgan fingerprint density at radius 1 is 1.48 bits per heavy atom. The van der Waals surface area contributed by atoms with Crippen LogP contribution in [0.15, 0.2) is 29.4 Å². The molecular formula is C12H13ClN4O2S2. The number of sulfonamides is 1. The van der Waals surface area contributed by atoms with Gasteiger partial charge in [-0.3, -0.25) is 9.40 Å². The molecule has 3 N–H and O–H groups in total. The molecule has 0 radical (unpaired) electrons. The number of nitrogens with one attached hydrogen (secondary N) is 1. The van der Waals surface area contributed by atoms with E-state index >= 15 is 0 Å². The second-order valence-corrected chi connectivity index (χ2v) is 6.87. The monoisotopic (exact) mass is 344 g/mol. The minimum atomic E-state index is -3.86. The van der Waals surface area contributed by atoms with Gasteiger partial charge in [-0.25, -0.2) is 0 Å². The number of thiocarbonyl (C=S) groups is 1. The standard InChI is InChI=1S/C12H13ClN4O2S2/c1-7-3-4-8(11(14)20)5-10(7)16-21(18,19)12-9(13)6-15-17(12)2/h3-6,16H,1-2H3,(H2,14,20). The summed E-state index contributed by atoms with van der Waals surface area (Å²) in [7, 11) is -2.36. The van der Waals surface area contributed by atoms with Gasteiger partial charge in [0.05, 0.1) is 16.9 Å². The Morgan fingerprint density at radius 3 is 2.67 bits per heavy atom. The van der Waals surface area contributed by atoms with Crippen molar-refractivity contribution in [3.63, 3.8) is 0 Å². The van der Waals surface area contributed by atoms with Crippen molar-refractivity contribution in [2.45, 2.75) is 11.9 Å². The van der Waals surface area contributed by atoms with Crippen LogP contribution in [-0.2, 0) is 17.1 Å². The van der Waals surface area contributed by atoms with Crippen molar-refractivity contribution in [2.75, 3.05) is 4.72 Å².